The smallest absolute Gasteiger partial charge is 0.315 e. The number of nitrogens with one attached hydrogen (secondary N) is 2. The molecule has 1 aromatic rings. The molecule has 0 aromatic heterocycles. The van der Waals surface area contributed by atoms with Gasteiger partial charge in [-0.3, -0.25) is 4.79 Å². The van der Waals surface area contributed by atoms with Crippen LogP contribution in [0.25, 0.3) is 0 Å². The van der Waals surface area contributed by atoms with Crippen LogP contribution in [0.15, 0.2) is 30.3 Å². The zero-order valence-corrected chi connectivity index (χ0v) is 14.7. The maximum atomic E-state index is 12.2. The molecule has 3 N–H and O–H groups in total. The zero-order valence-electron chi connectivity index (χ0n) is 14.7. The summed E-state index contributed by atoms with van der Waals surface area (Å²) < 4.78 is 5.52. The van der Waals surface area contributed by atoms with Crippen molar-refractivity contribution in [2.24, 2.45) is 5.92 Å². The first-order valence-corrected chi connectivity index (χ1v) is 8.94. The number of carboxylic acid groups (broad SMARTS) is 1. The number of amides is 2. The number of hydrogen-bond donors (Lipinski definition) is 3. The summed E-state index contributed by atoms with van der Waals surface area (Å²) >= 11 is 0. The first-order valence-electron chi connectivity index (χ1n) is 8.94. The summed E-state index contributed by atoms with van der Waals surface area (Å²) in [6.45, 7) is 3.41. The molecule has 0 saturated carbocycles. The Kier molecular flexibility index (Phi) is 7.73. The number of ether oxygens (including phenoxy) is 1. The Hall–Kier alpha value is -2.08. The highest BCUT2D eigenvalue weighted by Crippen LogP contribution is 2.18. The van der Waals surface area contributed by atoms with Crippen molar-refractivity contribution in [2.75, 3.05) is 13.2 Å². The van der Waals surface area contributed by atoms with Crippen molar-refractivity contribution in [2.45, 2.75) is 51.2 Å². The first kappa shape index (κ1) is 19.2. The minimum Gasteiger partial charge on any atom is -0.481 e. The molecule has 0 spiro atoms. The standard InChI is InChI=1S/C19H28N2O4/c1-14-11-16(9-10-25-14)13-20-19(24)21-17(7-8-18(22)23)12-15-5-3-2-4-6-15/h2-6,14,16-17H,7-13H2,1H3,(H,22,23)(H2,20,21,24). The molecule has 6 heteroatoms. The topological polar surface area (TPSA) is 87.7 Å². The first-order chi connectivity index (χ1) is 12.0. The molecule has 138 valence electrons. The van der Waals surface area contributed by atoms with E-state index in [4.69, 9.17) is 9.84 Å². The highest BCUT2D eigenvalue weighted by Gasteiger charge is 2.20. The Labute approximate surface area is 149 Å². The number of urea groups is 1. The molecule has 0 aliphatic carbocycles. The molecule has 1 fully saturated rings. The normalized spacial score (nSPS) is 21.3. The van der Waals surface area contributed by atoms with Gasteiger partial charge in [0.05, 0.1) is 6.10 Å². The van der Waals surface area contributed by atoms with Gasteiger partial charge in [0.1, 0.15) is 0 Å². The second-order valence-corrected chi connectivity index (χ2v) is 6.75. The molecule has 3 unspecified atom stereocenters. The molecule has 1 aromatic carbocycles. The second-order valence-electron chi connectivity index (χ2n) is 6.75. The lowest BCUT2D eigenvalue weighted by atomic mass is 9.96. The zero-order chi connectivity index (χ0) is 18.1. The van der Waals surface area contributed by atoms with Crippen LogP contribution in [0.4, 0.5) is 4.79 Å². The lowest BCUT2D eigenvalue weighted by molar-refractivity contribution is -0.137. The number of carbonyl (C=O) groups excluding carboxylic acids is 1. The summed E-state index contributed by atoms with van der Waals surface area (Å²) in [6, 6.07) is 9.35. The molecule has 0 bridgehead atoms. The summed E-state index contributed by atoms with van der Waals surface area (Å²) in [5.74, 6) is -0.419. The van der Waals surface area contributed by atoms with E-state index in [1.807, 2.05) is 37.3 Å². The van der Waals surface area contributed by atoms with Gasteiger partial charge in [0, 0.05) is 25.6 Å². The third kappa shape index (κ3) is 7.56. The molecule has 1 heterocycles. The van der Waals surface area contributed by atoms with Gasteiger partial charge in [-0.25, -0.2) is 4.79 Å². The van der Waals surface area contributed by atoms with Gasteiger partial charge in [0.2, 0.25) is 0 Å². The molecule has 25 heavy (non-hydrogen) atoms. The number of rotatable bonds is 8. The SMILES string of the molecule is CC1CC(CNC(=O)NC(CCC(=O)O)Cc2ccccc2)CCO1. The van der Waals surface area contributed by atoms with Gasteiger partial charge in [-0.05, 0) is 44.1 Å². The number of carboxylic acids is 1. The fourth-order valence-corrected chi connectivity index (χ4v) is 3.17. The molecule has 1 saturated heterocycles. The molecule has 2 amide bonds. The Morgan fingerprint density at radius 3 is 2.76 bits per heavy atom. The van der Waals surface area contributed by atoms with Crippen LogP contribution in [0.1, 0.15) is 38.2 Å². The van der Waals surface area contributed by atoms with Crippen LogP contribution in [-0.4, -0.2) is 42.4 Å². The molecule has 3 atom stereocenters. The number of aliphatic carboxylic acids is 1. The van der Waals surface area contributed by atoms with Crippen molar-refractivity contribution in [3.05, 3.63) is 35.9 Å². The van der Waals surface area contributed by atoms with Crippen LogP contribution >= 0.6 is 0 Å². The van der Waals surface area contributed by atoms with Crippen molar-refractivity contribution < 1.29 is 19.4 Å². The van der Waals surface area contributed by atoms with Gasteiger partial charge in [-0.15, -0.1) is 0 Å². The van der Waals surface area contributed by atoms with E-state index in [2.05, 4.69) is 10.6 Å². The van der Waals surface area contributed by atoms with Crippen LogP contribution in [-0.2, 0) is 16.0 Å². The van der Waals surface area contributed by atoms with E-state index in [-0.39, 0.29) is 24.6 Å². The third-order valence-corrected chi connectivity index (χ3v) is 4.51. The van der Waals surface area contributed by atoms with Gasteiger partial charge < -0.3 is 20.5 Å². The Morgan fingerprint density at radius 1 is 1.32 bits per heavy atom. The van der Waals surface area contributed by atoms with Crippen LogP contribution < -0.4 is 10.6 Å². The predicted octanol–water partition coefficient (Wildman–Crippen LogP) is 2.58. The highest BCUT2D eigenvalue weighted by atomic mass is 16.5. The van der Waals surface area contributed by atoms with E-state index in [0.717, 1.165) is 25.0 Å². The monoisotopic (exact) mass is 348 g/mol. The van der Waals surface area contributed by atoms with Crippen molar-refractivity contribution in [1.29, 1.82) is 0 Å². The Balaban J connectivity index is 1.81. The van der Waals surface area contributed by atoms with Gasteiger partial charge in [0.15, 0.2) is 0 Å². The summed E-state index contributed by atoms with van der Waals surface area (Å²) in [5.41, 5.74) is 1.08. The lowest BCUT2D eigenvalue weighted by Gasteiger charge is -2.27. The molecule has 1 aliphatic rings. The van der Waals surface area contributed by atoms with Crippen molar-refractivity contribution in [1.82, 2.24) is 10.6 Å². The van der Waals surface area contributed by atoms with Gasteiger partial charge in [0.25, 0.3) is 0 Å². The molecule has 2 rings (SSSR count). The van der Waals surface area contributed by atoms with Crippen LogP contribution in [0, 0.1) is 5.92 Å². The van der Waals surface area contributed by atoms with Gasteiger partial charge >= 0.3 is 12.0 Å². The quantitative estimate of drug-likeness (QED) is 0.674. The number of hydrogen-bond acceptors (Lipinski definition) is 3. The summed E-state index contributed by atoms with van der Waals surface area (Å²) in [5, 5.41) is 14.8. The lowest BCUT2D eigenvalue weighted by Crippen LogP contribution is -2.45. The summed E-state index contributed by atoms with van der Waals surface area (Å²) in [7, 11) is 0. The third-order valence-electron chi connectivity index (χ3n) is 4.51. The molecular formula is C19H28N2O4. The van der Waals surface area contributed by atoms with E-state index in [1.54, 1.807) is 0 Å². The van der Waals surface area contributed by atoms with E-state index >= 15 is 0 Å². The van der Waals surface area contributed by atoms with Crippen LogP contribution in [0.5, 0.6) is 0 Å². The van der Waals surface area contributed by atoms with Crippen molar-refractivity contribution in [3.8, 4) is 0 Å². The molecule has 1 aliphatic heterocycles. The maximum Gasteiger partial charge on any atom is 0.315 e. The fraction of sp³-hybridized carbons (Fsp3) is 0.579. The van der Waals surface area contributed by atoms with Gasteiger partial charge in [-0.2, -0.15) is 0 Å². The minimum atomic E-state index is -0.850. The minimum absolute atomic E-state index is 0.0370. The summed E-state index contributed by atoms with van der Waals surface area (Å²) in [4.78, 5) is 23.1. The Morgan fingerprint density at radius 2 is 2.08 bits per heavy atom. The van der Waals surface area contributed by atoms with Crippen LogP contribution in [0.3, 0.4) is 0 Å². The predicted molar refractivity (Wildman–Crippen MR) is 95.5 cm³/mol. The average molecular weight is 348 g/mol. The van der Waals surface area contributed by atoms with Crippen LogP contribution in [0.2, 0.25) is 0 Å². The largest absolute Gasteiger partial charge is 0.481 e. The molecule has 6 nitrogen and oxygen atoms in total. The second kappa shape index (κ2) is 10.0. The van der Waals surface area contributed by atoms with Gasteiger partial charge in [-0.1, -0.05) is 30.3 Å². The average Bonchev–Trinajstić information content (AvgIpc) is 2.59. The highest BCUT2D eigenvalue weighted by molar-refractivity contribution is 5.74. The van der Waals surface area contributed by atoms with Crippen molar-refractivity contribution in [3.63, 3.8) is 0 Å². The van der Waals surface area contributed by atoms with E-state index in [1.165, 1.54) is 0 Å². The Bertz CT molecular complexity index is 550. The number of carbonyl (C=O) groups is 2. The number of benzene rings is 1. The van der Waals surface area contributed by atoms with E-state index < -0.39 is 5.97 Å². The van der Waals surface area contributed by atoms with E-state index in [0.29, 0.717) is 25.3 Å². The van der Waals surface area contributed by atoms with Crippen molar-refractivity contribution >= 4 is 12.0 Å². The maximum absolute atomic E-state index is 12.2. The molecular weight excluding hydrogens is 320 g/mol. The van der Waals surface area contributed by atoms with E-state index in [9.17, 15) is 9.59 Å². The molecule has 0 radical (unpaired) electrons. The summed E-state index contributed by atoms with van der Waals surface area (Å²) in [6.07, 6.45) is 3.21. The fourth-order valence-electron chi connectivity index (χ4n) is 3.17.